The van der Waals surface area contributed by atoms with Crippen LogP contribution in [0.4, 0.5) is 0 Å². The van der Waals surface area contributed by atoms with Gasteiger partial charge in [0.1, 0.15) is 6.61 Å². The van der Waals surface area contributed by atoms with Crippen molar-refractivity contribution in [1.82, 2.24) is 0 Å². The van der Waals surface area contributed by atoms with Gasteiger partial charge in [-0.25, -0.2) is 4.57 Å². The predicted molar refractivity (Wildman–Crippen MR) is 210 cm³/mol. The van der Waals surface area contributed by atoms with Gasteiger partial charge < -0.3 is 20.1 Å². The van der Waals surface area contributed by atoms with Gasteiger partial charge in [-0.05, 0) is 51.4 Å². The van der Waals surface area contributed by atoms with Crippen LogP contribution in [-0.4, -0.2) is 49.3 Å². The number of phosphoric ester groups is 1. The lowest BCUT2D eigenvalue weighted by molar-refractivity contribution is -0.161. The molecule has 0 aromatic carbocycles. The van der Waals surface area contributed by atoms with Crippen LogP contribution in [-0.2, 0) is 32.7 Å². The first-order valence-corrected chi connectivity index (χ1v) is 21.6. The van der Waals surface area contributed by atoms with Gasteiger partial charge in [-0.3, -0.25) is 18.6 Å². The molecule has 51 heavy (non-hydrogen) atoms. The van der Waals surface area contributed by atoms with Gasteiger partial charge in [-0.2, -0.15) is 0 Å². The van der Waals surface area contributed by atoms with E-state index in [1.807, 2.05) is 0 Å². The minimum Gasteiger partial charge on any atom is -0.462 e. The second-order valence-corrected chi connectivity index (χ2v) is 14.6. The average molecular weight is 740 g/mol. The van der Waals surface area contributed by atoms with Gasteiger partial charge in [0, 0.05) is 19.4 Å². The molecule has 0 aliphatic carbocycles. The number of carbonyl (C=O) groups is 2. The van der Waals surface area contributed by atoms with Gasteiger partial charge in [-0.15, -0.1) is 0 Å². The summed E-state index contributed by atoms with van der Waals surface area (Å²) in [5, 5.41) is 0. The lowest BCUT2D eigenvalue weighted by Crippen LogP contribution is -2.29. The van der Waals surface area contributed by atoms with E-state index in [2.05, 4.69) is 62.5 Å². The van der Waals surface area contributed by atoms with E-state index < -0.39 is 32.5 Å². The van der Waals surface area contributed by atoms with Gasteiger partial charge in [0.15, 0.2) is 6.10 Å². The maximum atomic E-state index is 12.5. The van der Waals surface area contributed by atoms with Crippen LogP contribution in [0.3, 0.4) is 0 Å². The maximum Gasteiger partial charge on any atom is 0.472 e. The molecular formula is C41H74NO8P. The molecule has 0 spiro atoms. The van der Waals surface area contributed by atoms with Crippen LogP contribution in [0.5, 0.6) is 0 Å². The molecule has 0 aromatic rings. The maximum absolute atomic E-state index is 12.5. The highest BCUT2D eigenvalue weighted by Crippen LogP contribution is 2.43. The van der Waals surface area contributed by atoms with Crippen molar-refractivity contribution in [2.75, 3.05) is 26.4 Å². The Balaban J connectivity index is 4.26. The van der Waals surface area contributed by atoms with Crippen molar-refractivity contribution in [2.24, 2.45) is 5.73 Å². The summed E-state index contributed by atoms with van der Waals surface area (Å²) in [4.78, 5) is 34.8. The number of nitrogens with two attached hydrogens (primary N) is 1. The first kappa shape index (κ1) is 49.0. The van der Waals surface area contributed by atoms with E-state index in [-0.39, 0.29) is 32.6 Å². The molecule has 0 saturated carbocycles. The summed E-state index contributed by atoms with van der Waals surface area (Å²) in [6.07, 6.45) is 41.4. The summed E-state index contributed by atoms with van der Waals surface area (Å²) in [7, 11) is -4.38. The molecule has 0 saturated heterocycles. The van der Waals surface area contributed by atoms with Gasteiger partial charge in [0.25, 0.3) is 0 Å². The lowest BCUT2D eigenvalue weighted by Gasteiger charge is -2.19. The smallest absolute Gasteiger partial charge is 0.462 e. The van der Waals surface area contributed by atoms with Crippen molar-refractivity contribution in [1.29, 1.82) is 0 Å². The molecule has 0 aliphatic rings. The lowest BCUT2D eigenvalue weighted by atomic mass is 10.0. The van der Waals surface area contributed by atoms with Gasteiger partial charge >= 0.3 is 19.8 Å². The van der Waals surface area contributed by atoms with Gasteiger partial charge in [0.05, 0.1) is 13.2 Å². The van der Waals surface area contributed by atoms with Crippen LogP contribution in [0.1, 0.15) is 168 Å². The number of ether oxygens (including phenoxy) is 2. The van der Waals surface area contributed by atoms with E-state index in [1.165, 1.54) is 70.6 Å². The molecule has 0 aromatic heterocycles. The van der Waals surface area contributed by atoms with Crippen molar-refractivity contribution in [3.05, 3.63) is 48.6 Å². The number of carbonyl (C=O) groups excluding carboxylic acids is 2. The van der Waals surface area contributed by atoms with E-state index in [0.717, 1.165) is 57.8 Å². The highest BCUT2D eigenvalue weighted by Gasteiger charge is 2.25. The average Bonchev–Trinajstić information content (AvgIpc) is 3.11. The molecule has 3 N–H and O–H groups in total. The van der Waals surface area contributed by atoms with Crippen LogP contribution in [0.25, 0.3) is 0 Å². The third-order valence-corrected chi connectivity index (χ3v) is 9.21. The van der Waals surface area contributed by atoms with Crippen molar-refractivity contribution >= 4 is 19.8 Å². The highest BCUT2D eigenvalue weighted by atomic mass is 31.2. The van der Waals surface area contributed by atoms with Gasteiger partial charge in [0.2, 0.25) is 0 Å². The van der Waals surface area contributed by atoms with Crippen molar-refractivity contribution in [3.63, 3.8) is 0 Å². The molecule has 0 amide bonds. The van der Waals surface area contributed by atoms with Crippen LogP contribution in [0, 0.1) is 0 Å². The first-order valence-electron chi connectivity index (χ1n) is 20.1. The number of esters is 2. The molecule has 9 nitrogen and oxygen atoms in total. The Labute approximate surface area is 311 Å². The first-order chi connectivity index (χ1) is 24.8. The quantitative estimate of drug-likeness (QED) is 0.0276. The van der Waals surface area contributed by atoms with E-state index in [1.54, 1.807) is 0 Å². The molecule has 0 radical (unpaired) electrons. The Morgan fingerprint density at radius 2 is 1.08 bits per heavy atom. The minimum atomic E-state index is -4.38. The third kappa shape index (κ3) is 37.5. The Morgan fingerprint density at radius 3 is 1.61 bits per heavy atom. The van der Waals surface area contributed by atoms with Crippen LogP contribution in [0.2, 0.25) is 0 Å². The molecule has 0 fully saturated rings. The zero-order valence-electron chi connectivity index (χ0n) is 32.3. The topological polar surface area (TPSA) is 134 Å². The molecule has 0 rings (SSSR count). The van der Waals surface area contributed by atoms with Crippen LogP contribution in [0.15, 0.2) is 48.6 Å². The predicted octanol–water partition coefficient (Wildman–Crippen LogP) is 11.2. The SMILES string of the molecule is CC/C=C/C/C=C/C/C=C/C/C=C/CCCCC(=O)OC[C@H](COP(=O)(O)OCCN)OC(=O)CCCCCCCCCCCCCCCCC. The molecule has 0 aliphatic heterocycles. The normalized spacial score (nSPS) is 13.9. The number of phosphoric acid groups is 1. The Kier molecular flexibility index (Phi) is 36.2. The molecular weight excluding hydrogens is 665 g/mol. The van der Waals surface area contributed by atoms with E-state index in [0.29, 0.717) is 12.8 Å². The second-order valence-electron chi connectivity index (χ2n) is 13.1. The summed E-state index contributed by atoms with van der Waals surface area (Å²) in [5.41, 5.74) is 5.33. The summed E-state index contributed by atoms with van der Waals surface area (Å²) in [5.74, 6) is -0.877. The monoisotopic (exact) mass is 740 g/mol. The summed E-state index contributed by atoms with van der Waals surface area (Å²) < 4.78 is 32.7. The summed E-state index contributed by atoms with van der Waals surface area (Å²) in [6.45, 7) is 3.56. The highest BCUT2D eigenvalue weighted by molar-refractivity contribution is 7.47. The third-order valence-electron chi connectivity index (χ3n) is 8.23. The Morgan fingerprint density at radius 1 is 0.608 bits per heavy atom. The Hall–Kier alpha value is -2.03. The van der Waals surface area contributed by atoms with Crippen molar-refractivity contribution < 1.29 is 37.6 Å². The van der Waals surface area contributed by atoms with Crippen LogP contribution < -0.4 is 5.73 Å². The number of hydrogen-bond acceptors (Lipinski definition) is 8. The second kappa shape index (κ2) is 37.7. The van der Waals surface area contributed by atoms with Gasteiger partial charge in [-0.1, -0.05) is 152 Å². The molecule has 0 heterocycles. The summed E-state index contributed by atoms with van der Waals surface area (Å²) in [6, 6.07) is 0. The molecule has 0 bridgehead atoms. The number of allylic oxidation sites excluding steroid dienone is 8. The van der Waals surface area contributed by atoms with E-state index in [4.69, 9.17) is 24.3 Å². The van der Waals surface area contributed by atoms with E-state index >= 15 is 0 Å². The number of hydrogen-bond donors (Lipinski definition) is 2. The van der Waals surface area contributed by atoms with Crippen molar-refractivity contribution in [3.8, 4) is 0 Å². The number of unbranched alkanes of at least 4 members (excludes halogenated alkanes) is 16. The zero-order chi connectivity index (χ0) is 37.5. The molecule has 10 heteroatoms. The van der Waals surface area contributed by atoms with E-state index in [9.17, 15) is 19.0 Å². The molecule has 2 atom stereocenters. The largest absolute Gasteiger partial charge is 0.472 e. The fraction of sp³-hybridized carbons (Fsp3) is 0.756. The fourth-order valence-corrected chi connectivity index (χ4v) is 6.04. The zero-order valence-corrected chi connectivity index (χ0v) is 33.2. The standard InChI is InChI=1S/C41H74NO8P/c1-3-5-7-9-11-13-15-17-19-21-23-25-27-29-31-33-40(43)47-37-39(38-49-51(45,46)48-36-35-42)50-41(44)34-32-30-28-26-24-22-20-18-16-14-12-10-8-6-4-2/h5,7,11,13,17,19,23,25,39H,3-4,6,8-10,12,14-16,18,20-22,24,26-38,42H2,1-2H3,(H,45,46)/b7-5+,13-11+,19-17+,25-23+/t39-/m1/s1. The fourth-order valence-electron chi connectivity index (χ4n) is 5.27. The Bertz CT molecular complexity index is 981. The summed E-state index contributed by atoms with van der Waals surface area (Å²) >= 11 is 0. The molecule has 296 valence electrons. The van der Waals surface area contributed by atoms with Crippen LogP contribution >= 0.6 is 7.82 Å². The molecule has 1 unspecified atom stereocenters. The van der Waals surface area contributed by atoms with Crippen molar-refractivity contribution in [2.45, 2.75) is 174 Å². The number of rotatable bonds is 37. The minimum absolute atomic E-state index is 0.0471.